The first-order chi connectivity index (χ1) is 11.6. The van der Waals surface area contributed by atoms with Crippen molar-refractivity contribution in [3.63, 3.8) is 0 Å². The van der Waals surface area contributed by atoms with Crippen LogP contribution in [0.25, 0.3) is 11.4 Å². The molecule has 5 nitrogen and oxygen atoms in total. The molecule has 0 fully saturated rings. The van der Waals surface area contributed by atoms with Gasteiger partial charge in [0, 0.05) is 26.4 Å². The fourth-order valence-corrected chi connectivity index (χ4v) is 2.75. The van der Waals surface area contributed by atoms with Crippen LogP contribution in [0.1, 0.15) is 6.92 Å². The van der Waals surface area contributed by atoms with E-state index in [0.29, 0.717) is 17.4 Å². The zero-order valence-corrected chi connectivity index (χ0v) is 15.8. The van der Waals surface area contributed by atoms with Crippen molar-refractivity contribution in [3.8, 4) is 11.4 Å². The summed E-state index contributed by atoms with van der Waals surface area (Å²) in [6.07, 6.45) is 1.43. The van der Waals surface area contributed by atoms with E-state index in [1.807, 2.05) is 43.3 Å². The molecule has 0 N–H and O–H groups in total. The number of hydrogen-bond acceptors (Lipinski definition) is 3. The van der Waals surface area contributed by atoms with Gasteiger partial charge in [0.25, 0.3) is 0 Å². The molecule has 24 heavy (non-hydrogen) atoms. The van der Waals surface area contributed by atoms with Crippen LogP contribution in [0.5, 0.6) is 0 Å². The second-order valence-corrected chi connectivity index (χ2v) is 6.70. The number of halogens is 2. The van der Waals surface area contributed by atoms with E-state index >= 15 is 0 Å². The Morgan fingerprint density at radius 3 is 2.46 bits per heavy atom. The Kier molecular flexibility index (Phi) is 5.15. The van der Waals surface area contributed by atoms with Crippen LogP contribution in [-0.2, 0) is 0 Å². The van der Waals surface area contributed by atoms with Crippen molar-refractivity contribution in [1.82, 2.24) is 14.8 Å². The molecule has 7 heteroatoms. The topological polar surface area (TPSA) is 51.0 Å². The van der Waals surface area contributed by atoms with E-state index in [4.69, 9.17) is 11.6 Å². The number of anilines is 1. The third kappa shape index (κ3) is 3.59. The molecule has 0 saturated heterocycles. The molecule has 2 aromatic carbocycles. The highest BCUT2D eigenvalue weighted by atomic mass is 127. The average Bonchev–Trinajstić information content (AvgIpc) is 3.08. The van der Waals surface area contributed by atoms with Crippen molar-refractivity contribution < 1.29 is 4.79 Å². The van der Waals surface area contributed by atoms with Gasteiger partial charge in [-0.25, -0.2) is 9.78 Å². The summed E-state index contributed by atoms with van der Waals surface area (Å²) < 4.78 is 2.37. The molecule has 0 bridgehead atoms. The molecule has 0 aliphatic carbocycles. The second kappa shape index (κ2) is 7.31. The molecule has 0 spiro atoms. The average molecular weight is 453 g/mol. The molecule has 0 radical (unpaired) electrons. The molecule has 0 saturated carbocycles. The van der Waals surface area contributed by atoms with E-state index in [1.165, 1.54) is 11.0 Å². The van der Waals surface area contributed by atoms with Gasteiger partial charge in [0.05, 0.1) is 0 Å². The Morgan fingerprint density at radius 2 is 1.83 bits per heavy atom. The van der Waals surface area contributed by atoms with E-state index in [-0.39, 0.29) is 6.03 Å². The monoisotopic (exact) mass is 452 g/mol. The maximum atomic E-state index is 12.7. The van der Waals surface area contributed by atoms with E-state index in [0.717, 1.165) is 14.8 Å². The molecule has 0 aliphatic heterocycles. The third-order valence-corrected chi connectivity index (χ3v) is 4.45. The van der Waals surface area contributed by atoms with Crippen molar-refractivity contribution in [2.24, 2.45) is 0 Å². The smallest absolute Gasteiger partial charge is 0.293 e. The van der Waals surface area contributed by atoms with Crippen LogP contribution in [0.15, 0.2) is 54.9 Å². The van der Waals surface area contributed by atoms with Gasteiger partial charge < -0.3 is 0 Å². The largest absolute Gasteiger partial charge is 0.350 e. The first-order valence-electron chi connectivity index (χ1n) is 7.33. The summed E-state index contributed by atoms with van der Waals surface area (Å²) in [7, 11) is 0. The molecular formula is C17H14ClIN4O. The maximum absolute atomic E-state index is 12.7. The molecule has 0 atom stereocenters. The Bertz CT molecular complexity index is 846. The zero-order chi connectivity index (χ0) is 17.1. The van der Waals surface area contributed by atoms with Gasteiger partial charge in [-0.3, -0.25) is 4.90 Å². The second-order valence-electron chi connectivity index (χ2n) is 5.02. The van der Waals surface area contributed by atoms with E-state index < -0.39 is 0 Å². The van der Waals surface area contributed by atoms with Gasteiger partial charge in [-0.1, -0.05) is 11.6 Å². The summed E-state index contributed by atoms with van der Waals surface area (Å²) in [6.45, 7) is 2.46. The Labute approximate surface area is 158 Å². The SMILES string of the molecule is CCN(C(=O)n1cnc(-c2ccc(Cl)cc2)n1)c1ccc(I)cc1. The summed E-state index contributed by atoms with van der Waals surface area (Å²) >= 11 is 8.12. The summed E-state index contributed by atoms with van der Waals surface area (Å²) in [5.41, 5.74) is 1.63. The van der Waals surface area contributed by atoms with Crippen LogP contribution in [-0.4, -0.2) is 27.3 Å². The molecule has 1 amide bonds. The summed E-state index contributed by atoms with van der Waals surface area (Å²) in [5, 5.41) is 4.94. The van der Waals surface area contributed by atoms with Crippen molar-refractivity contribution in [3.05, 3.63) is 63.5 Å². The zero-order valence-electron chi connectivity index (χ0n) is 12.9. The van der Waals surface area contributed by atoms with Crippen molar-refractivity contribution in [2.45, 2.75) is 6.92 Å². The quantitative estimate of drug-likeness (QED) is 0.541. The van der Waals surface area contributed by atoms with E-state index in [2.05, 4.69) is 32.7 Å². The number of aromatic nitrogens is 3. The summed E-state index contributed by atoms with van der Waals surface area (Å²) in [4.78, 5) is 18.6. The number of rotatable bonds is 3. The minimum atomic E-state index is -0.244. The third-order valence-electron chi connectivity index (χ3n) is 3.48. The lowest BCUT2D eigenvalue weighted by atomic mass is 10.2. The Morgan fingerprint density at radius 1 is 1.17 bits per heavy atom. The molecule has 1 aromatic heterocycles. The number of carbonyl (C=O) groups is 1. The predicted octanol–water partition coefficient (Wildman–Crippen LogP) is 4.70. The molecule has 3 rings (SSSR count). The number of hydrogen-bond donors (Lipinski definition) is 0. The molecule has 122 valence electrons. The van der Waals surface area contributed by atoms with Gasteiger partial charge in [0.15, 0.2) is 5.82 Å². The van der Waals surface area contributed by atoms with Crippen LogP contribution in [0.4, 0.5) is 10.5 Å². The first-order valence-corrected chi connectivity index (χ1v) is 8.79. The van der Waals surface area contributed by atoms with Gasteiger partial charge in [0.2, 0.25) is 0 Å². The number of nitrogens with zero attached hydrogens (tertiary/aromatic N) is 4. The molecule has 3 aromatic rings. The van der Waals surface area contributed by atoms with Crippen LogP contribution in [0, 0.1) is 3.57 Å². The van der Waals surface area contributed by atoms with Crippen molar-refractivity contribution >= 4 is 45.9 Å². The highest BCUT2D eigenvalue weighted by Crippen LogP contribution is 2.19. The Balaban J connectivity index is 1.86. The fraction of sp³-hybridized carbons (Fsp3) is 0.118. The van der Waals surface area contributed by atoms with Gasteiger partial charge in [-0.15, -0.1) is 5.10 Å². The molecule has 0 aliphatic rings. The number of amides is 1. The lowest BCUT2D eigenvalue weighted by molar-refractivity contribution is 0.245. The summed E-state index contributed by atoms with van der Waals surface area (Å²) in [5.74, 6) is 0.485. The molecule has 0 unspecified atom stereocenters. The van der Waals surface area contributed by atoms with Crippen LogP contribution >= 0.6 is 34.2 Å². The maximum Gasteiger partial charge on any atom is 0.350 e. The molecular weight excluding hydrogens is 439 g/mol. The van der Waals surface area contributed by atoms with Gasteiger partial charge in [0.1, 0.15) is 6.33 Å². The molecule has 1 heterocycles. The van der Waals surface area contributed by atoms with E-state index in [9.17, 15) is 4.79 Å². The van der Waals surface area contributed by atoms with Gasteiger partial charge in [-0.2, -0.15) is 4.68 Å². The van der Waals surface area contributed by atoms with Gasteiger partial charge in [-0.05, 0) is 78.0 Å². The first kappa shape index (κ1) is 16.9. The predicted molar refractivity (Wildman–Crippen MR) is 103 cm³/mol. The highest BCUT2D eigenvalue weighted by molar-refractivity contribution is 14.1. The highest BCUT2D eigenvalue weighted by Gasteiger charge is 2.18. The normalized spacial score (nSPS) is 10.6. The van der Waals surface area contributed by atoms with Crippen LogP contribution < -0.4 is 4.90 Å². The minimum absolute atomic E-state index is 0.244. The van der Waals surface area contributed by atoms with E-state index in [1.54, 1.807) is 17.0 Å². The Hall–Kier alpha value is -1.93. The fourth-order valence-electron chi connectivity index (χ4n) is 2.26. The van der Waals surface area contributed by atoms with Crippen molar-refractivity contribution in [2.75, 3.05) is 11.4 Å². The van der Waals surface area contributed by atoms with Crippen LogP contribution in [0.2, 0.25) is 5.02 Å². The standard InChI is InChI=1S/C17H14ClIN4O/c1-2-22(15-9-7-14(19)8-10-15)17(24)23-11-20-16(21-23)12-3-5-13(18)6-4-12/h3-11H,2H2,1H3. The minimum Gasteiger partial charge on any atom is -0.293 e. The number of carbonyl (C=O) groups excluding carboxylic acids is 1. The van der Waals surface area contributed by atoms with Crippen LogP contribution in [0.3, 0.4) is 0 Å². The van der Waals surface area contributed by atoms with Crippen molar-refractivity contribution in [1.29, 1.82) is 0 Å². The van der Waals surface area contributed by atoms with Gasteiger partial charge >= 0.3 is 6.03 Å². The number of benzene rings is 2. The lowest BCUT2D eigenvalue weighted by Crippen LogP contribution is -2.34. The summed E-state index contributed by atoms with van der Waals surface area (Å²) in [6, 6.07) is 14.7. The lowest BCUT2D eigenvalue weighted by Gasteiger charge is -2.20.